The van der Waals surface area contributed by atoms with Crippen molar-refractivity contribution in [2.75, 3.05) is 7.11 Å². The Balaban J connectivity index is 2.29. The van der Waals surface area contributed by atoms with Crippen molar-refractivity contribution in [3.8, 4) is 0 Å². The molecule has 1 aromatic heterocycles. The van der Waals surface area contributed by atoms with Crippen LogP contribution < -0.4 is 5.73 Å². The van der Waals surface area contributed by atoms with Crippen molar-refractivity contribution in [3.63, 3.8) is 0 Å². The topological polar surface area (TPSA) is 48.1 Å². The molecular formula is C14H24N2OS. The lowest BCUT2D eigenvalue weighted by molar-refractivity contribution is -0.0220. The third kappa shape index (κ3) is 2.22. The predicted octanol–water partition coefficient (Wildman–Crippen LogP) is 3.53. The first-order chi connectivity index (χ1) is 8.60. The fourth-order valence-corrected chi connectivity index (χ4v) is 4.15. The van der Waals surface area contributed by atoms with Crippen LogP contribution in [0.1, 0.15) is 63.1 Å². The van der Waals surface area contributed by atoms with Crippen LogP contribution in [0.2, 0.25) is 0 Å². The lowest BCUT2D eigenvalue weighted by atomic mass is 9.95. The van der Waals surface area contributed by atoms with Crippen LogP contribution in [-0.2, 0) is 15.9 Å². The minimum atomic E-state index is -0.224. The number of nitrogens with two attached hydrogens (primary N) is 1. The van der Waals surface area contributed by atoms with E-state index < -0.39 is 0 Å². The molecule has 1 aliphatic carbocycles. The fourth-order valence-electron chi connectivity index (χ4n) is 2.90. The van der Waals surface area contributed by atoms with Gasteiger partial charge >= 0.3 is 0 Å². The molecule has 0 unspecified atom stereocenters. The van der Waals surface area contributed by atoms with Crippen molar-refractivity contribution in [2.45, 2.75) is 63.5 Å². The van der Waals surface area contributed by atoms with Gasteiger partial charge in [0.1, 0.15) is 10.6 Å². The quantitative estimate of drug-likeness (QED) is 0.888. The van der Waals surface area contributed by atoms with E-state index >= 15 is 0 Å². The number of hydrogen-bond acceptors (Lipinski definition) is 4. The van der Waals surface area contributed by atoms with E-state index in [0.717, 1.165) is 36.4 Å². The van der Waals surface area contributed by atoms with Crippen molar-refractivity contribution in [1.29, 1.82) is 0 Å². The zero-order valence-corrected chi connectivity index (χ0v) is 12.5. The SMILES string of the molecule is CCC(CC)(OC)c1nc(C2(N)CCCC2)cs1. The molecule has 0 amide bonds. The number of rotatable bonds is 5. The highest BCUT2D eigenvalue weighted by atomic mass is 32.1. The van der Waals surface area contributed by atoms with Crippen LogP contribution in [0.5, 0.6) is 0 Å². The molecule has 1 aliphatic rings. The molecule has 18 heavy (non-hydrogen) atoms. The molecule has 0 aliphatic heterocycles. The van der Waals surface area contributed by atoms with Gasteiger partial charge in [-0.3, -0.25) is 0 Å². The number of nitrogens with zero attached hydrogens (tertiary/aromatic N) is 1. The van der Waals surface area contributed by atoms with Crippen LogP contribution in [0.15, 0.2) is 5.38 Å². The second-order valence-electron chi connectivity index (χ2n) is 5.31. The predicted molar refractivity (Wildman–Crippen MR) is 75.7 cm³/mol. The van der Waals surface area contributed by atoms with Gasteiger partial charge in [0.05, 0.1) is 11.2 Å². The van der Waals surface area contributed by atoms with Crippen LogP contribution in [-0.4, -0.2) is 12.1 Å². The van der Waals surface area contributed by atoms with Crippen LogP contribution >= 0.6 is 11.3 Å². The summed E-state index contributed by atoms with van der Waals surface area (Å²) in [6.07, 6.45) is 6.47. The van der Waals surface area contributed by atoms with Crippen molar-refractivity contribution in [2.24, 2.45) is 5.73 Å². The number of thiazole rings is 1. The van der Waals surface area contributed by atoms with E-state index in [4.69, 9.17) is 15.5 Å². The third-order valence-corrected chi connectivity index (χ3v) is 5.46. The molecule has 1 fully saturated rings. The van der Waals surface area contributed by atoms with E-state index in [1.807, 2.05) is 0 Å². The van der Waals surface area contributed by atoms with E-state index in [1.54, 1.807) is 18.4 Å². The smallest absolute Gasteiger partial charge is 0.125 e. The molecule has 4 heteroatoms. The first-order valence-corrected chi connectivity index (χ1v) is 7.78. The normalized spacial score (nSPS) is 19.3. The van der Waals surface area contributed by atoms with E-state index in [2.05, 4.69) is 19.2 Å². The zero-order chi connectivity index (χ0) is 13.2. The molecule has 0 spiro atoms. The summed E-state index contributed by atoms with van der Waals surface area (Å²) in [6.45, 7) is 4.31. The van der Waals surface area contributed by atoms with Gasteiger partial charge in [0, 0.05) is 12.5 Å². The summed E-state index contributed by atoms with van der Waals surface area (Å²) in [7, 11) is 1.78. The molecule has 1 aromatic rings. The van der Waals surface area contributed by atoms with Crippen molar-refractivity contribution in [1.82, 2.24) is 4.98 Å². The molecule has 0 radical (unpaired) electrons. The molecule has 2 N–H and O–H groups in total. The highest BCUT2D eigenvalue weighted by Gasteiger charge is 2.37. The van der Waals surface area contributed by atoms with Gasteiger partial charge in [0.25, 0.3) is 0 Å². The molecule has 0 aromatic carbocycles. The van der Waals surface area contributed by atoms with Gasteiger partial charge in [0.15, 0.2) is 0 Å². The van der Waals surface area contributed by atoms with E-state index in [9.17, 15) is 0 Å². The van der Waals surface area contributed by atoms with Gasteiger partial charge in [0.2, 0.25) is 0 Å². The van der Waals surface area contributed by atoms with Crippen molar-refractivity contribution < 1.29 is 4.74 Å². The average Bonchev–Trinajstić information content (AvgIpc) is 3.02. The first-order valence-electron chi connectivity index (χ1n) is 6.91. The second kappa shape index (κ2) is 5.27. The highest BCUT2D eigenvalue weighted by molar-refractivity contribution is 7.09. The molecule has 0 bridgehead atoms. The molecule has 1 saturated carbocycles. The summed E-state index contributed by atoms with van der Waals surface area (Å²) in [5.41, 5.74) is 7.13. The first kappa shape index (κ1) is 14.0. The van der Waals surface area contributed by atoms with Crippen LogP contribution in [0.3, 0.4) is 0 Å². The second-order valence-corrected chi connectivity index (χ2v) is 6.16. The summed E-state index contributed by atoms with van der Waals surface area (Å²) in [6, 6.07) is 0. The maximum atomic E-state index is 6.46. The molecule has 0 atom stereocenters. The highest BCUT2D eigenvalue weighted by Crippen LogP contribution is 2.40. The molecule has 0 saturated heterocycles. The Bertz CT molecular complexity index is 384. The Labute approximate surface area is 114 Å². The Morgan fingerprint density at radius 3 is 2.50 bits per heavy atom. The minimum Gasteiger partial charge on any atom is -0.371 e. The van der Waals surface area contributed by atoms with Crippen molar-refractivity contribution in [3.05, 3.63) is 16.1 Å². The minimum absolute atomic E-state index is 0.185. The molecule has 3 nitrogen and oxygen atoms in total. The molecule has 102 valence electrons. The monoisotopic (exact) mass is 268 g/mol. The number of methoxy groups -OCH3 is 1. The van der Waals surface area contributed by atoms with Crippen LogP contribution in [0.4, 0.5) is 0 Å². The van der Waals surface area contributed by atoms with Gasteiger partial charge in [-0.1, -0.05) is 26.7 Å². The Hall–Kier alpha value is -0.450. The summed E-state index contributed by atoms with van der Waals surface area (Å²) in [5.74, 6) is 0. The van der Waals surface area contributed by atoms with E-state index in [0.29, 0.717) is 0 Å². The Morgan fingerprint density at radius 1 is 1.39 bits per heavy atom. The van der Waals surface area contributed by atoms with E-state index in [1.165, 1.54) is 12.8 Å². The lowest BCUT2D eigenvalue weighted by Gasteiger charge is -2.28. The number of ether oxygens (including phenoxy) is 1. The molecule has 2 rings (SSSR count). The third-order valence-electron chi connectivity index (χ3n) is 4.43. The average molecular weight is 268 g/mol. The lowest BCUT2D eigenvalue weighted by Crippen LogP contribution is -2.34. The van der Waals surface area contributed by atoms with Gasteiger partial charge < -0.3 is 10.5 Å². The van der Waals surface area contributed by atoms with Crippen molar-refractivity contribution >= 4 is 11.3 Å². The number of aromatic nitrogens is 1. The van der Waals surface area contributed by atoms with Gasteiger partial charge in [-0.25, -0.2) is 4.98 Å². The van der Waals surface area contributed by atoms with Crippen LogP contribution in [0, 0.1) is 0 Å². The summed E-state index contributed by atoms with van der Waals surface area (Å²) >= 11 is 1.70. The van der Waals surface area contributed by atoms with Gasteiger partial charge in [-0.15, -0.1) is 11.3 Å². The van der Waals surface area contributed by atoms with Gasteiger partial charge in [-0.2, -0.15) is 0 Å². The van der Waals surface area contributed by atoms with Crippen LogP contribution in [0.25, 0.3) is 0 Å². The number of hydrogen-bond donors (Lipinski definition) is 1. The molecule has 1 heterocycles. The van der Waals surface area contributed by atoms with Gasteiger partial charge in [-0.05, 0) is 25.7 Å². The summed E-state index contributed by atoms with van der Waals surface area (Å²) < 4.78 is 5.74. The fraction of sp³-hybridized carbons (Fsp3) is 0.786. The largest absolute Gasteiger partial charge is 0.371 e. The summed E-state index contributed by atoms with van der Waals surface area (Å²) in [5, 5.41) is 3.22. The summed E-state index contributed by atoms with van der Waals surface area (Å²) in [4.78, 5) is 4.82. The standard InChI is InChI=1S/C14H24N2OS/c1-4-14(5-2,17-3)12-16-11(10-18-12)13(15)8-6-7-9-13/h10H,4-9,15H2,1-3H3. The van der Waals surface area contributed by atoms with E-state index in [-0.39, 0.29) is 11.1 Å². The molecular weight excluding hydrogens is 244 g/mol. The Morgan fingerprint density at radius 2 is 2.00 bits per heavy atom. The maximum Gasteiger partial charge on any atom is 0.125 e. The maximum absolute atomic E-state index is 6.46. The Kier molecular flexibility index (Phi) is 4.09. The zero-order valence-electron chi connectivity index (χ0n) is 11.7.